The second-order valence-corrected chi connectivity index (χ2v) is 4.62. The first-order chi connectivity index (χ1) is 6.02. The van der Waals surface area contributed by atoms with Gasteiger partial charge in [-0.3, -0.25) is 0 Å². The molecule has 0 aromatic carbocycles. The Hall–Kier alpha value is -0.830. The van der Waals surface area contributed by atoms with Crippen LogP contribution in [0.4, 0.5) is 0 Å². The summed E-state index contributed by atoms with van der Waals surface area (Å²) in [5.41, 5.74) is 0.910. The van der Waals surface area contributed by atoms with Gasteiger partial charge in [-0.2, -0.15) is 0 Å². The van der Waals surface area contributed by atoms with Crippen LogP contribution >= 0.6 is 0 Å². The van der Waals surface area contributed by atoms with Gasteiger partial charge in [0, 0.05) is 11.5 Å². The predicted molar refractivity (Wildman–Crippen MR) is 48.4 cm³/mol. The Morgan fingerprint density at radius 2 is 2.23 bits per heavy atom. The van der Waals surface area contributed by atoms with Gasteiger partial charge in [0.15, 0.2) is 0 Å². The summed E-state index contributed by atoms with van der Waals surface area (Å²) in [6, 6.07) is 1.92. The van der Waals surface area contributed by atoms with E-state index >= 15 is 0 Å². The minimum Gasteiger partial charge on any atom is -0.395 e. The summed E-state index contributed by atoms with van der Waals surface area (Å²) >= 11 is 0. The van der Waals surface area contributed by atoms with Gasteiger partial charge in [0.05, 0.1) is 12.3 Å². The zero-order valence-electron chi connectivity index (χ0n) is 8.29. The Balaban J connectivity index is 2.35. The predicted octanol–water partition coefficient (Wildman–Crippen LogP) is 1.64. The molecule has 1 aliphatic carbocycles. The lowest BCUT2D eigenvalue weighted by Gasteiger charge is -2.13. The van der Waals surface area contributed by atoms with Crippen LogP contribution < -0.4 is 0 Å². The van der Waals surface area contributed by atoms with E-state index < -0.39 is 0 Å². The lowest BCUT2D eigenvalue weighted by molar-refractivity contribution is 0.223. The Morgan fingerprint density at radius 3 is 2.54 bits per heavy atom. The minimum absolute atomic E-state index is 0.148. The van der Waals surface area contributed by atoms with Crippen molar-refractivity contribution in [1.82, 2.24) is 5.16 Å². The van der Waals surface area contributed by atoms with Crippen LogP contribution in [-0.4, -0.2) is 16.9 Å². The highest BCUT2D eigenvalue weighted by molar-refractivity contribution is 5.31. The molecule has 3 nitrogen and oxygen atoms in total. The molecule has 1 saturated carbocycles. The van der Waals surface area contributed by atoms with E-state index in [2.05, 4.69) is 19.0 Å². The maximum absolute atomic E-state index is 9.37. The largest absolute Gasteiger partial charge is 0.395 e. The summed E-state index contributed by atoms with van der Waals surface area (Å²) in [5, 5.41) is 13.4. The molecule has 1 unspecified atom stereocenters. The molecule has 3 heteroatoms. The average Bonchev–Trinajstić information content (AvgIpc) is 2.43. The quantitative estimate of drug-likeness (QED) is 0.754. The van der Waals surface area contributed by atoms with Crippen LogP contribution in [0.3, 0.4) is 0 Å². The first-order valence-electron chi connectivity index (χ1n) is 4.56. The fraction of sp³-hybridized carbons (Fsp3) is 0.700. The van der Waals surface area contributed by atoms with Crippen molar-refractivity contribution in [1.29, 1.82) is 0 Å². The third-order valence-corrected chi connectivity index (χ3v) is 3.30. The van der Waals surface area contributed by atoms with Crippen molar-refractivity contribution in [2.75, 3.05) is 6.61 Å². The van der Waals surface area contributed by atoms with Gasteiger partial charge in [-0.1, -0.05) is 19.0 Å². The standard InChI is InChI=1S/C10H15NO2/c1-7-4-8(11-13-7)10(6-12)5-9(10,2)3/h4,12H,5-6H2,1-3H3. The summed E-state index contributed by atoms with van der Waals surface area (Å²) in [5.74, 6) is 0.811. The second-order valence-electron chi connectivity index (χ2n) is 4.62. The van der Waals surface area contributed by atoms with Crippen molar-refractivity contribution in [2.45, 2.75) is 32.6 Å². The molecule has 0 bridgehead atoms. The van der Waals surface area contributed by atoms with Crippen molar-refractivity contribution >= 4 is 0 Å². The van der Waals surface area contributed by atoms with Gasteiger partial charge in [-0.25, -0.2) is 0 Å². The fourth-order valence-corrected chi connectivity index (χ4v) is 2.09. The smallest absolute Gasteiger partial charge is 0.133 e. The van der Waals surface area contributed by atoms with Crippen LogP contribution in [0.1, 0.15) is 31.7 Å². The van der Waals surface area contributed by atoms with Crippen LogP contribution in [0.15, 0.2) is 10.6 Å². The highest BCUT2D eigenvalue weighted by atomic mass is 16.5. The number of aliphatic hydroxyl groups excluding tert-OH is 1. The van der Waals surface area contributed by atoms with Gasteiger partial charge in [0.1, 0.15) is 5.76 Å². The monoisotopic (exact) mass is 181 g/mol. The average molecular weight is 181 g/mol. The Bertz CT molecular complexity index is 329. The molecule has 2 rings (SSSR count). The molecule has 0 amide bonds. The van der Waals surface area contributed by atoms with E-state index in [1.165, 1.54) is 0 Å². The third kappa shape index (κ3) is 1.03. The fourth-order valence-electron chi connectivity index (χ4n) is 2.09. The maximum atomic E-state index is 9.37. The maximum Gasteiger partial charge on any atom is 0.133 e. The van der Waals surface area contributed by atoms with Gasteiger partial charge < -0.3 is 9.63 Å². The minimum atomic E-state index is -0.148. The number of hydrogen-bond acceptors (Lipinski definition) is 3. The molecule has 1 aromatic heterocycles. The van der Waals surface area contributed by atoms with Crippen molar-refractivity contribution in [3.8, 4) is 0 Å². The van der Waals surface area contributed by atoms with Crippen LogP contribution in [0.2, 0.25) is 0 Å². The van der Waals surface area contributed by atoms with Gasteiger partial charge in [0.25, 0.3) is 0 Å². The molecule has 0 saturated heterocycles. The number of hydrogen-bond donors (Lipinski definition) is 1. The van der Waals surface area contributed by atoms with Crippen LogP contribution in [-0.2, 0) is 5.41 Å². The highest BCUT2D eigenvalue weighted by Crippen LogP contribution is 2.63. The molecule has 1 atom stereocenters. The molecule has 1 heterocycles. The van der Waals surface area contributed by atoms with E-state index in [1.54, 1.807) is 0 Å². The molecule has 13 heavy (non-hydrogen) atoms. The molecule has 72 valence electrons. The molecule has 0 radical (unpaired) electrons. The van der Waals surface area contributed by atoms with Gasteiger partial charge in [0.2, 0.25) is 0 Å². The number of rotatable bonds is 2. The molecule has 1 fully saturated rings. The van der Waals surface area contributed by atoms with Gasteiger partial charge in [-0.05, 0) is 18.8 Å². The lowest BCUT2D eigenvalue weighted by Crippen LogP contribution is -2.19. The van der Waals surface area contributed by atoms with Crippen molar-refractivity contribution in [3.05, 3.63) is 17.5 Å². The van der Waals surface area contributed by atoms with Gasteiger partial charge >= 0.3 is 0 Å². The number of aromatic nitrogens is 1. The molecule has 1 aliphatic rings. The van der Waals surface area contributed by atoms with E-state index in [1.807, 2.05) is 13.0 Å². The molecule has 0 aliphatic heterocycles. The Labute approximate surface area is 77.7 Å². The molecular formula is C10H15NO2. The van der Waals surface area contributed by atoms with E-state index in [0.29, 0.717) is 0 Å². The SMILES string of the molecule is Cc1cc(C2(CO)CC2(C)C)no1. The van der Waals surface area contributed by atoms with Crippen LogP contribution in [0, 0.1) is 12.3 Å². The van der Waals surface area contributed by atoms with Gasteiger partial charge in [-0.15, -0.1) is 0 Å². The zero-order chi connectivity index (χ0) is 9.69. The third-order valence-electron chi connectivity index (χ3n) is 3.30. The topological polar surface area (TPSA) is 46.3 Å². The van der Waals surface area contributed by atoms with E-state index in [4.69, 9.17) is 4.52 Å². The summed E-state index contributed by atoms with van der Waals surface area (Å²) in [6.45, 7) is 6.32. The highest BCUT2D eigenvalue weighted by Gasteiger charge is 2.63. The second kappa shape index (κ2) is 2.35. The summed E-state index contributed by atoms with van der Waals surface area (Å²) in [7, 11) is 0. The summed E-state index contributed by atoms with van der Waals surface area (Å²) in [4.78, 5) is 0. The van der Waals surface area contributed by atoms with E-state index in [9.17, 15) is 5.11 Å². The van der Waals surface area contributed by atoms with Crippen molar-refractivity contribution in [2.24, 2.45) is 5.41 Å². The Kier molecular flexibility index (Phi) is 1.58. The number of nitrogens with zero attached hydrogens (tertiary/aromatic N) is 1. The summed E-state index contributed by atoms with van der Waals surface area (Å²) in [6.07, 6.45) is 0.989. The number of aliphatic hydroxyl groups is 1. The van der Waals surface area contributed by atoms with Crippen molar-refractivity contribution < 1.29 is 9.63 Å². The summed E-state index contributed by atoms with van der Waals surface area (Å²) < 4.78 is 5.02. The molecule has 0 spiro atoms. The normalized spacial score (nSPS) is 30.5. The van der Waals surface area contributed by atoms with Crippen molar-refractivity contribution in [3.63, 3.8) is 0 Å². The molecule has 1 aromatic rings. The van der Waals surface area contributed by atoms with Crippen LogP contribution in [0.5, 0.6) is 0 Å². The number of aryl methyl sites for hydroxylation is 1. The van der Waals surface area contributed by atoms with E-state index in [-0.39, 0.29) is 17.4 Å². The van der Waals surface area contributed by atoms with E-state index in [0.717, 1.165) is 17.9 Å². The Morgan fingerprint density at radius 1 is 1.62 bits per heavy atom. The van der Waals surface area contributed by atoms with Crippen LogP contribution in [0.25, 0.3) is 0 Å². The lowest BCUT2D eigenvalue weighted by atomic mass is 9.93. The first-order valence-corrected chi connectivity index (χ1v) is 4.56. The zero-order valence-corrected chi connectivity index (χ0v) is 8.29. The first kappa shape index (κ1) is 8.75. The molecule has 1 N–H and O–H groups in total. The molecular weight excluding hydrogens is 166 g/mol.